The number of aromatic nitrogens is 10. The Bertz CT molecular complexity index is 5120. The molecular weight excluding hydrogens is 1510 g/mol. The van der Waals surface area contributed by atoms with Crippen LogP contribution in [0.3, 0.4) is 0 Å². The Morgan fingerprint density at radius 2 is 0.855 bits per heavy atom. The van der Waals surface area contributed by atoms with E-state index in [1.165, 1.54) is 17.2 Å². The number of esters is 4. The Morgan fingerprint density at radius 1 is 0.487 bits per heavy atom. The number of ether oxygens (including phenoxy) is 3. The van der Waals surface area contributed by atoms with E-state index in [1.807, 2.05) is 136 Å². The van der Waals surface area contributed by atoms with Crippen LogP contribution in [0.25, 0.3) is 46.6 Å². The number of aldehydes is 1. The first kappa shape index (κ1) is 92.4. The number of benzene rings is 5. The van der Waals surface area contributed by atoms with Gasteiger partial charge in [0.15, 0.2) is 11.9 Å². The number of aliphatic carboxylic acids is 1. The van der Waals surface area contributed by atoms with Crippen LogP contribution in [0, 0.1) is 5.41 Å². The topological polar surface area (TPSA) is 341 Å². The van der Waals surface area contributed by atoms with Gasteiger partial charge in [-0.2, -0.15) is 25.5 Å². The van der Waals surface area contributed by atoms with Crippen LogP contribution in [0.4, 0.5) is 0 Å². The summed E-state index contributed by atoms with van der Waals surface area (Å²) in [7, 11) is 5.40. The van der Waals surface area contributed by atoms with Gasteiger partial charge in [-0.25, -0.2) is 14.4 Å². The Labute approximate surface area is 680 Å². The number of carbonyl (C=O) groups is 9. The van der Waals surface area contributed by atoms with Crippen LogP contribution in [-0.4, -0.2) is 152 Å². The van der Waals surface area contributed by atoms with E-state index in [0.717, 1.165) is 52.6 Å². The van der Waals surface area contributed by atoms with Crippen molar-refractivity contribution in [3.05, 3.63) is 294 Å². The highest BCUT2D eigenvalue weighted by atomic mass is 31.2. The van der Waals surface area contributed by atoms with Crippen LogP contribution < -0.4 is 5.32 Å². The smallest absolute Gasteiger partial charge is 0.349 e. The van der Waals surface area contributed by atoms with Gasteiger partial charge in [0, 0.05) is 107 Å². The van der Waals surface area contributed by atoms with Gasteiger partial charge in [0.2, 0.25) is 5.91 Å². The van der Waals surface area contributed by atoms with Crippen LogP contribution in [0.5, 0.6) is 0 Å². The largest absolute Gasteiger partial charge is 0.478 e. The Kier molecular flexibility index (Phi) is 37.9. The zero-order valence-electron chi connectivity index (χ0n) is 67.6. The third-order valence-corrected chi connectivity index (χ3v) is 18.4. The fraction of sp³-hybridized carbons (Fsp3) is 0.250. The van der Waals surface area contributed by atoms with Crippen molar-refractivity contribution in [3.8, 4) is 0 Å². The maximum atomic E-state index is 12.9. The molecule has 0 spiro atoms. The Morgan fingerprint density at radius 3 is 1.18 bits per heavy atom. The Balaban J connectivity index is 0.000000218. The summed E-state index contributed by atoms with van der Waals surface area (Å²) in [6.45, 7) is 14.2. The maximum Gasteiger partial charge on any atom is 0.349 e. The molecule has 12 rings (SSSR count). The highest BCUT2D eigenvalue weighted by Gasteiger charge is 2.43. The van der Waals surface area contributed by atoms with E-state index in [9.17, 15) is 52.8 Å². The third kappa shape index (κ3) is 31.1. The average Bonchev–Trinajstić information content (AvgIpc) is 1.62. The van der Waals surface area contributed by atoms with Crippen molar-refractivity contribution in [2.45, 2.75) is 67.0 Å². The Hall–Kier alpha value is -13.4. The van der Waals surface area contributed by atoms with Gasteiger partial charge in [-0.1, -0.05) is 164 Å². The first-order chi connectivity index (χ1) is 56.1. The summed E-state index contributed by atoms with van der Waals surface area (Å²) in [6, 6.07) is 45.8. The fourth-order valence-corrected chi connectivity index (χ4v) is 12.5. The summed E-state index contributed by atoms with van der Waals surface area (Å²) in [5, 5.41) is 31.9. The summed E-state index contributed by atoms with van der Waals surface area (Å²) < 4.78 is 46.9. The predicted molar refractivity (Wildman–Crippen MR) is 447 cm³/mol. The molecule has 1 unspecified atom stereocenters. The fourth-order valence-electron chi connectivity index (χ4n) is 10.6. The number of nitrogens with one attached hydrogen (secondary N) is 1. The van der Waals surface area contributed by atoms with E-state index >= 15 is 0 Å². The number of rotatable bonds is 22. The van der Waals surface area contributed by atoms with E-state index in [4.69, 9.17) is 23.3 Å². The SMILES string of the molecule is CCOC(=O)C(=Cc1cnn(C)c1)c1ccccc1.CCOC(=O)C(c1ccccc1)P(=O)(OCC)OCC.Cn1cc(/C=C(/C(=O)N2CCC=CC2=O)c2ccccc2)cn1.Cn1cc(/C=C(/C(=O)O)c2ccccc2)cn1.Cn1cc(/C=C(/C(=O)OC(=O)C(C)(C)C)c2ccccc2)cn1.Cn1cc(C=O)cn1.O=C1C=CCCN1. The van der Waals surface area contributed by atoms with E-state index < -0.39 is 42.5 Å². The third-order valence-electron chi connectivity index (χ3n) is 16.0. The average molecular weight is 1610 g/mol. The molecule has 2 N–H and O–H groups in total. The monoisotopic (exact) mass is 1610 g/mol. The molecule has 612 valence electrons. The number of aryl methyl sites for hydroxylation is 5. The summed E-state index contributed by atoms with van der Waals surface area (Å²) in [6.07, 6.45) is 33.0. The standard InChI is InChI=1S/C18H17N3O2.C18H20N2O3.C15H16N2O2.C14H21O5P.C13H12N2O2.C5H6N2O.C5H7NO/c1-20-13-14(12-19-20)11-16(15-7-3-2-4-8-15)18(23)21-10-6-5-9-17(21)22;1-18(2,3)17(22)23-16(21)15(14-8-6-5-7-9-14)10-13-11-19-20(4)12-13;1-3-19-15(18)14(13-7-5-4-6-8-13)9-12-10-16-17(2)11-12;1-4-17-14(15)13(12-10-8-7-9-11-12)20(16,18-5-2)19-6-3;1-15-9-10(8-14-15)7-12(13(16)17)11-5-3-2-4-6-11;1-7-3-5(4-8)2-6-7;7-5-3-1-2-4-6-5/h2-5,7-9,11-13H,6,10H2,1H3;5-12H,1-4H3;4-11H,3H2,1-2H3;7-11,13H,4-6H2,1-3H3;2-9H,1H3,(H,16,17);2-4H,1H3;1,3H,2,4H2,(H,6,7)/b16-11+;15-10+;;;12-7+;;. The quantitative estimate of drug-likeness (QED) is 0.0159. The number of carboxylic acid groups (broad SMARTS) is 1. The summed E-state index contributed by atoms with van der Waals surface area (Å²) >= 11 is 0. The molecule has 0 saturated carbocycles. The van der Waals surface area contributed by atoms with Gasteiger partial charge in [0.25, 0.3) is 11.8 Å². The first-order valence-corrected chi connectivity index (χ1v) is 38.9. The molecule has 28 nitrogen and oxygen atoms in total. The zero-order chi connectivity index (χ0) is 85.3. The lowest BCUT2D eigenvalue weighted by Crippen LogP contribution is -2.38. The number of carboxylic acids is 1. The second-order valence-electron chi connectivity index (χ2n) is 26.4. The van der Waals surface area contributed by atoms with Crippen molar-refractivity contribution in [1.82, 2.24) is 59.1 Å². The minimum Gasteiger partial charge on any atom is -0.478 e. The molecule has 2 aliphatic rings. The van der Waals surface area contributed by atoms with E-state index in [1.54, 1.807) is 221 Å². The highest BCUT2D eigenvalue weighted by molar-refractivity contribution is 7.55. The molecule has 29 heteroatoms. The molecule has 0 aliphatic carbocycles. The molecule has 1 atom stereocenters. The predicted octanol–water partition coefficient (Wildman–Crippen LogP) is 13.8. The number of hydrogen-bond acceptors (Lipinski definition) is 20. The van der Waals surface area contributed by atoms with Gasteiger partial charge in [-0.3, -0.25) is 61.6 Å². The molecule has 0 bridgehead atoms. The number of amides is 3. The molecular formula is C88H99N12O16P. The second kappa shape index (κ2) is 47.9. The lowest BCUT2D eigenvalue weighted by atomic mass is 9.97. The normalized spacial score (nSPS) is 12.8. The molecule has 5 aromatic heterocycles. The zero-order valence-corrected chi connectivity index (χ0v) is 68.5. The van der Waals surface area contributed by atoms with Gasteiger partial charge in [-0.05, 0) is 126 Å². The van der Waals surface area contributed by atoms with Crippen LogP contribution in [-0.2, 0) is 101 Å². The molecule has 10 aromatic rings. The molecule has 0 saturated heterocycles. The van der Waals surface area contributed by atoms with E-state index in [2.05, 4.69) is 30.8 Å². The minimum atomic E-state index is -3.61. The van der Waals surface area contributed by atoms with Crippen LogP contribution in [0.2, 0.25) is 0 Å². The molecule has 2 aliphatic heterocycles. The van der Waals surface area contributed by atoms with Gasteiger partial charge >= 0.3 is 37.4 Å². The lowest BCUT2D eigenvalue weighted by Gasteiger charge is -2.25. The van der Waals surface area contributed by atoms with E-state index in [0.29, 0.717) is 58.5 Å². The summed E-state index contributed by atoms with van der Waals surface area (Å²) in [5.41, 5.74) is 7.20. The van der Waals surface area contributed by atoms with Crippen molar-refractivity contribution in [1.29, 1.82) is 0 Å². The lowest BCUT2D eigenvalue weighted by molar-refractivity contribution is -0.162. The molecule has 0 fully saturated rings. The van der Waals surface area contributed by atoms with Gasteiger partial charge in [0.05, 0.1) is 85.1 Å². The van der Waals surface area contributed by atoms with Gasteiger partial charge in [-0.15, -0.1) is 0 Å². The van der Waals surface area contributed by atoms with Gasteiger partial charge in [0.1, 0.15) is 0 Å². The van der Waals surface area contributed by atoms with Gasteiger partial charge < -0.3 is 33.7 Å². The molecule has 7 heterocycles. The highest BCUT2D eigenvalue weighted by Crippen LogP contribution is 2.61. The molecule has 0 radical (unpaired) electrons. The maximum absolute atomic E-state index is 12.9. The summed E-state index contributed by atoms with van der Waals surface area (Å²) in [5.74, 6) is -3.60. The number of imide groups is 1. The van der Waals surface area contributed by atoms with Crippen molar-refractivity contribution in [2.75, 3.05) is 39.5 Å². The van der Waals surface area contributed by atoms with Crippen molar-refractivity contribution in [2.24, 2.45) is 40.7 Å². The minimum absolute atomic E-state index is 0.0336. The van der Waals surface area contributed by atoms with Crippen molar-refractivity contribution in [3.63, 3.8) is 0 Å². The van der Waals surface area contributed by atoms with Crippen LogP contribution in [0.15, 0.2) is 238 Å². The van der Waals surface area contributed by atoms with Crippen molar-refractivity contribution < 1.29 is 76.1 Å². The number of hydrogen-bond donors (Lipinski definition) is 2. The number of nitrogens with zero attached hydrogens (tertiary/aromatic N) is 11. The number of carbonyl (C=O) groups excluding carboxylic acids is 8. The van der Waals surface area contributed by atoms with E-state index in [-0.39, 0.29) is 49.1 Å². The molecule has 117 heavy (non-hydrogen) atoms. The summed E-state index contributed by atoms with van der Waals surface area (Å²) in [4.78, 5) is 106. The van der Waals surface area contributed by atoms with Crippen LogP contribution in [0.1, 0.15) is 127 Å². The second-order valence-corrected chi connectivity index (χ2v) is 28.5. The van der Waals surface area contributed by atoms with Crippen molar-refractivity contribution >= 4 is 108 Å². The molecule has 5 aromatic carbocycles. The van der Waals surface area contributed by atoms with Crippen LogP contribution >= 0.6 is 7.60 Å². The first-order valence-electron chi connectivity index (χ1n) is 37.3. The molecule has 3 amide bonds.